The van der Waals surface area contributed by atoms with Gasteiger partial charge in [0.1, 0.15) is 0 Å². The highest BCUT2D eigenvalue weighted by molar-refractivity contribution is 7.88. The van der Waals surface area contributed by atoms with Gasteiger partial charge in [-0.25, -0.2) is 8.42 Å². The van der Waals surface area contributed by atoms with Gasteiger partial charge in [-0.1, -0.05) is 49.4 Å². The Morgan fingerprint density at radius 1 is 1.11 bits per heavy atom. The van der Waals surface area contributed by atoms with Crippen molar-refractivity contribution >= 4 is 21.7 Å². The molecule has 1 saturated carbocycles. The van der Waals surface area contributed by atoms with Gasteiger partial charge < -0.3 is 15.4 Å². The van der Waals surface area contributed by atoms with Gasteiger partial charge in [0.05, 0.1) is 32.1 Å². The minimum atomic E-state index is -3.48. The number of hydrogen-bond acceptors (Lipinski definition) is 7. The van der Waals surface area contributed by atoms with Crippen molar-refractivity contribution in [1.82, 2.24) is 19.7 Å². The van der Waals surface area contributed by atoms with Crippen LogP contribution in [-0.2, 0) is 19.6 Å². The number of morpholine rings is 1. The number of hydrogen-bond donors (Lipinski definition) is 3. The van der Waals surface area contributed by atoms with E-state index in [-0.39, 0.29) is 11.7 Å². The second-order valence-corrected chi connectivity index (χ2v) is 12.0. The monoisotopic (exact) mass is 538 g/mol. The second kappa shape index (κ2) is 16.9. The van der Waals surface area contributed by atoms with E-state index >= 15 is 0 Å². The van der Waals surface area contributed by atoms with Crippen LogP contribution in [0.15, 0.2) is 24.5 Å². The van der Waals surface area contributed by atoms with Gasteiger partial charge in [0.25, 0.3) is 0 Å². The fourth-order valence-electron chi connectivity index (χ4n) is 4.83. The highest BCUT2D eigenvalue weighted by Gasteiger charge is 2.25. The number of pyridine rings is 1. The second-order valence-electron chi connectivity index (χ2n) is 10.00. The van der Waals surface area contributed by atoms with Crippen molar-refractivity contribution in [1.29, 1.82) is 5.41 Å². The van der Waals surface area contributed by atoms with Crippen LogP contribution in [0.1, 0.15) is 64.2 Å². The van der Waals surface area contributed by atoms with Crippen molar-refractivity contribution in [3.63, 3.8) is 0 Å². The molecule has 0 aromatic carbocycles. The Morgan fingerprint density at radius 3 is 2.59 bits per heavy atom. The number of aromatic nitrogens is 1. The van der Waals surface area contributed by atoms with Gasteiger partial charge in [-0.3, -0.25) is 20.1 Å². The highest BCUT2D eigenvalue weighted by atomic mass is 32.2. The Labute approximate surface area is 223 Å². The predicted octanol–water partition coefficient (Wildman–Crippen LogP) is 3.44. The van der Waals surface area contributed by atoms with Gasteiger partial charge in [-0.15, -0.1) is 0 Å². The third kappa shape index (κ3) is 12.1. The number of hydroxylamine groups is 1. The topological polar surface area (TPSA) is 120 Å². The SMILES string of the molecule is N=C(NCCCCCCS(=O)(=O)N(CCN1CCOCC1)OCCC1CCCCC1)Nc1ccncc1. The van der Waals surface area contributed by atoms with Crippen molar-refractivity contribution in [2.45, 2.75) is 64.2 Å². The molecule has 1 saturated heterocycles. The molecule has 1 aliphatic carbocycles. The lowest BCUT2D eigenvalue weighted by atomic mass is 9.87. The molecular weight excluding hydrogens is 492 g/mol. The van der Waals surface area contributed by atoms with Crippen molar-refractivity contribution < 1.29 is 18.0 Å². The molecule has 3 rings (SSSR count). The van der Waals surface area contributed by atoms with E-state index in [1.165, 1.54) is 36.6 Å². The molecule has 0 amide bonds. The summed E-state index contributed by atoms with van der Waals surface area (Å²) in [7, 11) is -3.48. The lowest BCUT2D eigenvalue weighted by molar-refractivity contribution is -0.0952. The first-order chi connectivity index (χ1) is 18.0. The number of rotatable bonds is 16. The molecule has 1 aromatic rings. The molecule has 11 heteroatoms. The molecule has 0 spiro atoms. The zero-order valence-electron chi connectivity index (χ0n) is 22.2. The molecule has 2 fully saturated rings. The molecule has 10 nitrogen and oxygen atoms in total. The van der Waals surface area contributed by atoms with E-state index in [4.69, 9.17) is 15.0 Å². The molecule has 2 aliphatic rings. The summed E-state index contributed by atoms with van der Waals surface area (Å²) in [4.78, 5) is 12.1. The minimum Gasteiger partial charge on any atom is -0.379 e. The van der Waals surface area contributed by atoms with E-state index in [1.54, 1.807) is 24.5 Å². The summed E-state index contributed by atoms with van der Waals surface area (Å²) in [5, 5.41) is 14.0. The minimum absolute atomic E-state index is 0.104. The number of ether oxygens (including phenoxy) is 1. The van der Waals surface area contributed by atoms with E-state index < -0.39 is 10.0 Å². The molecule has 37 heavy (non-hydrogen) atoms. The van der Waals surface area contributed by atoms with Crippen molar-refractivity contribution in [2.24, 2.45) is 5.92 Å². The van der Waals surface area contributed by atoms with Crippen LogP contribution in [0.2, 0.25) is 0 Å². The quantitative estimate of drug-likeness (QED) is 0.127. The molecular formula is C26H46N6O4S. The molecule has 0 atom stereocenters. The average molecular weight is 539 g/mol. The lowest BCUT2D eigenvalue weighted by Gasteiger charge is -2.29. The van der Waals surface area contributed by atoms with Crippen LogP contribution in [0.3, 0.4) is 0 Å². The molecule has 1 aromatic heterocycles. The largest absolute Gasteiger partial charge is 0.379 e. The van der Waals surface area contributed by atoms with Gasteiger partial charge in [0.15, 0.2) is 5.96 Å². The normalized spacial score (nSPS) is 17.6. The van der Waals surface area contributed by atoms with E-state index in [2.05, 4.69) is 20.5 Å². The Bertz CT molecular complexity index is 861. The van der Waals surface area contributed by atoms with Gasteiger partial charge in [0.2, 0.25) is 10.0 Å². The van der Waals surface area contributed by atoms with Crippen molar-refractivity contribution in [3.8, 4) is 0 Å². The Hall–Kier alpha value is -1.79. The average Bonchev–Trinajstić information content (AvgIpc) is 2.91. The van der Waals surface area contributed by atoms with E-state index in [9.17, 15) is 8.42 Å². The Morgan fingerprint density at radius 2 is 1.84 bits per heavy atom. The molecule has 3 N–H and O–H groups in total. The molecule has 0 radical (unpaired) electrons. The summed E-state index contributed by atoms with van der Waals surface area (Å²) in [6.45, 7) is 5.23. The van der Waals surface area contributed by atoms with Gasteiger partial charge in [0, 0.05) is 44.3 Å². The number of sulfonamides is 1. The number of guanidine groups is 1. The molecule has 0 bridgehead atoms. The molecule has 2 heterocycles. The molecule has 210 valence electrons. The van der Waals surface area contributed by atoms with E-state index in [0.717, 1.165) is 44.5 Å². The van der Waals surface area contributed by atoms with Crippen LogP contribution in [0.5, 0.6) is 0 Å². The van der Waals surface area contributed by atoms with Crippen LogP contribution in [0.4, 0.5) is 5.69 Å². The Kier molecular flexibility index (Phi) is 13.6. The molecule has 0 unspecified atom stereocenters. The standard InChI is InChI=1S/C26H46N6O4S/c27-26(30-25-10-14-28-15-11-25)29-13-6-1-2-7-23-37(33,34)32(17-16-31-18-21-35-22-19-31)36-20-12-24-8-4-3-5-9-24/h10-11,14-15,24H,1-9,12-13,16-23H2,(H3,27,28,29,30). The summed E-state index contributed by atoms with van der Waals surface area (Å²) in [5.41, 5.74) is 0.817. The number of nitrogens with one attached hydrogen (secondary N) is 3. The zero-order chi connectivity index (χ0) is 26.2. The maximum atomic E-state index is 13.1. The third-order valence-electron chi connectivity index (χ3n) is 7.08. The zero-order valence-corrected chi connectivity index (χ0v) is 23.0. The number of anilines is 1. The van der Waals surface area contributed by atoms with Gasteiger partial charge in [-0.05, 0) is 37.3 Å². The summed E-state index contributed by atoms with van der Waals surface area (Å²) in [5.74, 6) is 1.01. The summed E-state index contributed by atoms with van der Waals surface area (Å²) < 4.78 is 33.0. The first-order valence-electron chi connectivity index (χ1n) is 14.0. The summed E-state index contributed by atoms with van der Waals surface area (Å²) in [6, 6.07) is 3.61. The summed E-state index contributed by atoms with van der Waals surface area (Å²) in [6.07, 6.45) is 13.8. The predicted molar refractivity (Wildman–Crippen MR) is 147 cm³/mol. The molecule has 1 aliphatic heterocycles. The Balaban J connectivity index is 1.34. The fourth-order valence-corrected chi connectivity index (χ4v) is 6.20. The maximum Gasteiger partial charge on any atom is 0.236 e. The van der Waals surface area contributed by atoms with Gasteiger partial charge in [-0.2, -0.15) is 0 Å². The van der Waals surface area contributed by atoms with Crippen molar-refractivity contribution in [3.05, 3.63) is 24.5 Å². The van der Waals surface area contributed by atoms with E-state index in [1.807, 2.05) is 0 Å². The van der Waals surface area contributed by atoms with Crippen LogP contribution in [-0.4, -0.2) is 87.0 Å². The first-order valence-corrected chi connectivity index (χ1v) is 15.6. The first kappa shape index (κ1) is 29.8. The number of nitrogens with zero attached hydrogens (tertiary/aromatic N) is 3. The smallest absolute Gasteiger partial charge is 0.236 e. The van der Waals surface area contributed by atoms with Crippen LogP contribution >= 0.6 is 0 Å². The lowest BCUT2D eigenvalue weighted by Crippen LogP contribution is -2.43. The van der Waals surface area contributed by atoms with Gasteiger partial charge >= 0.3 is 0 Å². The van der Waals surface area contributed by atoms with E-state index in [0.29, 0.717) is 51.8 Å². The third-order valence-corrected chi connectivity index (χ3v) is 8.79. The highest BCUT2D eigenvalue weighted by Crippen LogP contribution is 2.26. The number of unbranched alkanes of at least 4 members (excludes halogenated alkanes) is 3. The van der Waals surface area contributed by atoms with Crippen LogP contribution in [0.25, 0.3) is 0 Å². The van der Waals surface area contributed by atoms with Crippen LogP contribution < -0.4 is 10.6 Å². The van der Waals surface area contributed by atoms with Crippen molar-refractivity contribution in [2.75, 3.05) is 63.6 Å². The fraction of sp³-hybridized carbons (Fsp3) is 0.769. The maximum absolute atomic E-state index is 13.1. The summed E-state index contributed by atoms with van der Waals surface area (Å²) >= 11 is 0. The van der Waals surface area contributed by atoms with Crippen LogP contribution in [0, 0.1) is 11.3 Å².